The summed E-state index contributed by atoms with van der Waals surface area (Å²) in [6.07, 6.45) is 5.16. The van der Waals surface area contributed by atoms with Gasteiger partial charge in [0.05, 0.1) is 0 Å². The lowest BCUT2D eigenvalue weighted by Crippen LogP contribution is -2.40. The number of rotatable bonds is 1. The summed E-state index contributed by atoms with van der Waals surface area (Å²) in [6.45, 7) is 1.97. The Balaban J connectivity index is 2.49. The van der Waals surface area contributed by atoms with Gasteiger partial charge in [0.2, 0.25) is 0 Å². The Morgan fingerprint density at radius 3 is 2.50 bits per heavy atom. The molecule has 0 bridgehead atoms. The van der Waals surface area contributed by atoms with Crippen LogP contribution in [0.15, 0.2) is 16.6 Å². The quantitative estimate of drug-likeness (QED) is 0.829. The molecule has 0 aliphatic heterocycles. The van der Waals surface area contributed by atoms with Crippen LogP contribution in [-0.4, -0.2) is 0 Å². The summed E-state index contributed by atoms with van der Waals surface area (Å²) in [5, 5.41) is 0. The average Bonchev–Trinajstić information content (AvgIpc) is 2.25. The zero-order valence-corrected chi connectivity index (χ0v) is 11.1. The maximum absolute atomic E-state index is 14.0. The monoisotopic (exact) mass is 285 g/mol. The first kappa shape index (κ1) is 12.1. The number of benzene rings is 1. The molecule has 16 heavy (non-hydrogen) atoms. The van der Waals surface area contributed by atoms with Gasteiger partial charge in [-0.25, -0.2) is 4.39 Å². The lowest BCUT2D eigenvalue weighted by atomic mass is 9.77. The Kier molecular flexibility index (Phi) is 3.36. The molecule has 0 radical (unpaired) electrons. The first-order chi connectivity index (χ1) is 7.54. The molecule has 0 spiro atoms. The van der Waals surface area contributed by atoms with Gasteiger partial charge in [0.1, 0.15) is 5.82 Å². The third-order valence-electron chi connectivity index (χ3n) is 3.53. The van der Waals surface area contributed by atoms with Crippen LogP contribution < -0.4 is 5.73 Å². The van der Waals surface area contributed by atoms with E-state index in [0.717, 1.165) is 35.7 Å². The highest BCUT2D eigenvalue weighted by Crippen LogP contribution is 2.40. The van der Waals surface area contributed by atoms with Crippen LogP contribution in [0.5, 0.6) is 0 Å². The van der Waals surface area contributed by atoms with Gasteiger partial charge in [-0.2, -0.15) is 0 Å². The third-order valence-corrected chi connectivity index (χ3v) is 4.55. The Labute approximate surface area is 104 Å². The van der Waals surface area contributed by atoms with Gasteiger partial charge in [-0.1, -0.05) is 41.3 Å². The molecule has 1 aromatic carbocycles. The Bertz CT molecular complexity index is 397. The van der Waals surface area contributed by atoms with E-state index < -0.39 is 5.54 Å². The Hall–Kier alpha value is -0.410. The standard InChI is InChI=1S/C13H17BrFN/c1-9-5-6-10(15)11(12(9)14)13(16)7-3-2-4-8-13/h5-6H,2-4,7-8,16H2,1H3. The molecule has 0 heterocycles. The summed E-state index contributed by atoms with van der Waals surface area (Å²) >= 11 is 3.48. The second-order valence-electron chi connectivity index (χ2n) is 4.77. The molecule has 1 nitrogen and oxygen atoms in total. The van der Waals surface area contributed by atoms with Gasteiger partial charge in [-0.3, -0.25) is 0 Å². The van der Waals surface area contributed by atoms with E-state index in [0.29, 0.717) is 5.56 Å². The van der Waals surface area contributed by atoms with Crippen molar-refractivity contribution in [2.75, 3.05) is 0 Å². The van der Waals surface area contributed by atoms with Crippen molar-refractivity contribution in [3.63, 3.8) is 0 Å². The van der Waals surface area contributed by atoms with Crippen LogP contribution >= 0.6 is 15.9 Å². The molecule has 2 rings (SSSR count). The number of aryl methyl sites for hydroxylation is 1. The summed E-state index contributed by atoms with van der Waals surface area (Å²) in [5.41, 5.74) is 7.62. The normalized spacial score (nSPS) is 19.8. The van der Waals surface area contributed by atoms with E-state index in [2.05, 4.69) is 15.9 Å². The van der Waals surface area contributed by atoms with E-state index in [-0.39, 0.29) is 5.82 Å². The van der Waals surface area contributed by atoms with Crippen molar-refractivity contribution in [2.24, 2.45) is 5.73 Å². The van der Waals surface area contributed by atoms with E-state index in [1.807, 2.05) is 6.92 Å². The molecule has 2 N–H and O–H groups in total. The third kappa shape index (κ3) is 2.03. The maximum atomic E-state index is 14.0. The Morgan fingerprint density at radius 1 is 1.25 bits per heavy atom. The van der Waals surface area contributed by atoms with Crippen LogP contribution in [0, 0.1) is 12.7 Å². The van der Waals surface area contributed by atoms with Crippen molar-refractivity contribution >= 4 is 15.9 Å². The van der Waals surface area contributed by atoms with Gasteiger partial charge >= 0.3 is 0 Å². The van der Waals surface area contributed by atoms with Crippen LogP contribution in [0.3, 0.4) is 0 Å². The number of nitrogens with two attached hydrogens (primary N) is 1. The number of halogens is 2. The lowest BCUT2D eigenvalue weighted by Gasteiger charge is -2.35. The van der Waals surface area contributed by atoms with Crippen LogP contribution in [0.2, 0.25) is 0 Å². The molecule has 1 aliphatic rings. The van der Waals surface area contributed by atoms with Crippen LogP contribution in [0.1, 0.15) is 43.2 Å². The topological polar surface area (TPSA) is 26.0 Å². The van der Waals surface area contributed by atoms with Gasteiger partial charge in [0.15, 0.2) is 0 Å². The second-order valence-corrected chi connectivity index (χ2v) is 5.56. The molecule has 0 saturated heterocycles. The van der Waals surface area contributed by atoms with E-state index in [9.17, 15) is 4.39 Å². The van der Waals surface area contributed by atoms with Gasteiger partial charge in [0, 0.05) is 15.6 Å². The van der Waals surface area contributed by atoms with Gasteiger partial charge in [0.25, 0.3) is 0 Å². The minimum absolute atomic E-state index is 0.179. The van der Waals surface area contributed by atoms with Gasteiger partial charge in [-0.15, -0.1) is 0 Å². The van der Waals surface area contributed by atoms with Crippen molar-refractivity contribution in [1.82, 2.24) is 0 Å². The van der Waals surface area contributed by atoms with E-state index in [1.54, 1.807) is 6.07 Å². The van der Waals surface area contributed by atoms with Gasteiger partial charge in [-0.05, 0) is 31.4 Å². The summed E-state index contributed by atoms with van der Waals surface area (Å²) in [6, 6.07) is 3.31. The number of hydrogen-bond acceptors (Lipinski definition) is 1. The zero-order valence-electron chi connectivity index (χ0n) is 9.52. The summed E-state index contributed by atoms with van der Waals surface area (Å²) < 4.78 is 14.8. The molecule has 1 saturated carbocycles. The molecule has 1 fully saturated rings. The smallest absolute Gasteiger partial charge is 0.129 e. The molecular weight excluding hydrogens is 269 g/mol. The summed E-state index contributed by atoms with van der Waals surface area (Å²) in [7, 11) is 0. The van der Waals surface area contributed by atoms with Crippen molar-refractivity contribution in [1.29, 1.82) is 0 Å². The molecule has 0 aromatic heterocycles. The van der Waals surface area contributed by atoms with Crippen molar-refractivity contribution < 1.29 is 4.39 Å². The fourth-order valence-electron chi connectivity index (χ4n) is 2.55. The predicted molar refractivity (Wildman–Crippen MR) is 67.8 cm³/mol. The van der Waals surface area contributed by atoms with E-state index >= 15 is 0 Å². The molecule has 1 aliphatic carbocycles. The van der Waals surface area contributed by atoms with Crippen molar-refractivity contribution in [2.45, 2.75) is 44.6 Å². The van der Waals surface area contributed by atoms with Crippen molar-refractivity contribution in [3.8, 4) is 0 Å². The molecule has 88 valence electrons. The fraction of sp³-hybridized carbons (Fsp3) is 0.538. The molecule has 0 unspecified atom stereocenters. The molecule has 1 aromatic rings. The Morgan fingerprint density at radius 2 is 1.88 bits per heavy atom. The fourth-order valence-corrected chi connectivity index (χ4v) is 3.26. The maximum Gasteiger partial charge on any atom is 0.129 e. The zero-order chi connectivity index (χ0) is 11.8. The highest BCUT2D eigenvalue weighted by Gasteiger charge is 2.34. The average molecular weight is 286 g/mol. The molecule has 0 atom stereocenters. The summed E-state index contributed by atoms with van der Waals surface area (Å²) in [4.78, 5) is 0. The SMILES string of the molecule is Cc1ccc(F)c(C2(N)CCCCC2)c1Br. The minimum Gasteiger partial charge on any atom is -0.321 e. The minimum atomic E-state index is -0.479. The molecular formula is C13H17BrFN. The first-order valence-electron chi connectivity index (χ1n) is 5.78. The number of hydrogen-bond donors (Lipinski definition) is 1. The second kappa shape index (κ2) is 4.46. The van der Waals surface area contributed by atoms with Crippen LogP contribution in [0.4, 0.5) is 4.39 Å². The first-order valence-corrected chi connectivity index (χ1v) is 6.58. The molecule has 0 amide bonds. The predicted octanol–water partition coefficient (Wildman–Crippen LogP) is 4.01. The lowest BCUT2D eigenvalue weighted by molar-refractivity contribution is 0.291. The van der Waals surface area contributed by atoms with Crippen LogP contribution in [-0.2, 0) is 5.54 Å². The highest BCUT2D eigenvalue weighted by molar-refractivity contribution is 9.10. The van der Waals surface area contributed by atoms with Gasteiger partial charge < -0.3 is 5.73 Å². The largest absolute Gasteiger partial charge is 0.321 e. The van der Waals surface area contributed by atoms with Crippen LogP contribution in [0.25, 0.3) is 0 Å². The molecule has 3 heteroatoms. The van der Waals surface area contributed by atoms with E-state index in [1.165, 1.54) is 12.5 Å². The van der Waals surface area contributed by atoms with E-state index in [4.69, 9.17) is 5.73 Å². The van der Waals surface area contributed by atoms with Crippen molar-refractivity contribution in [3.05, 3.63) is 33.5 Å². The highest BCUT2D eigenvalue weighted by atomic mass is 79.9. The summed E-state index contributed by atoms with van der Waals surface area (Å²) in [5.74, 6) is -0.179.